The summed E-state index contributed by atoms with van der Waals surface area (Å²) in [5.41, 5.74) is 1.06. The summed E-state index contributed by atoms with van der Waals surface area (Å²) in [4.78, 5) is 0. The van der Waals surface area contributed by atoms with Gasteiger partial charge in [-0.05, 0) is 44.5 Å². The number of aliphatic hydroxyl groups is 1. The predicted molar refractivity (Wildman–Crippen MR) is 59.1 cm³/mol. The van der Waals surface area contributed by atoms with Crippen LogP contribution in [0, 0.1) is 5.82 Å². The van der Waals surface area contributed by atoms with Crippen LogP contribution < -0.4 is 5.32 Å². The quantitative estimate of drug-likeness (QED) is 0.783. The van der Waals surface area contributed by atoms with E-state index < -0.39 is 0 Å². The molecule has 0 spiro atoms. The van der Waals surface area contributed by atoms with Gasteiger partial charge in [0.05, 0.1) is 6.10 Å². The molecule has 84 valence electrons. The molecule has 2 atom stereocenters. The van der Waals surface area contributed by atoms with Crippen molar-refractivity contribution in [2.75, 3.05) is 6.54 Å². The molecule has 0 saturated heterocycles. The summed E-state index contributed by atoms with van der Waals surface area (Å²) < 4.78 is 12.7. The zero-order valence-corrected chi connectivity index (χ0v) is 9.20. The van der Waals surface area contributed by atoms with Crippen molar-refractivity contribution in [2.24, 2.45) is 0 Å². The number of nitrogens with one attached hydrogen (secondary N) is 1. The second-order valence-corrected chi connectivity index (χ2v) is 3.87. The summed E-state index contributed by atoms with van der Waals surface area (Å²) in [6.07, 6.45) is 0.448. The maximum atomic E-state index is 12.7. The Labute approximate surface area is 90.1 Å². The van der Waals surface area contributed by atoms with E-state index in [2.05, 4.69) is 5.32 Å². The average Bonchev–Trinajstić information content (AvgIpc) is 2.18. The van der Waals surface area contributed by atoms with Crippen molar-refractivity contribution >= 4 is 0 Å². The molecule has 3 heteroatoms. The lowest BCUT2D eigenvalue weighted by molar-refractivity contribution is 0.182. The van der Waals surface area contributed by atoms with Crippen LogP contribution >= 0.6 is 0 Å². The van der Waals surface area contributed by atoms with E-state index in [9.17, 15) is 4.39 Å². The third-order valence-electron chi connectivity index (χ3n) is 2.38. The largest absolute Gasteiger partial charge is 0.393 e. The zero-order chi connectivity index (χ0) is 11.3. The molecule has 0 radical (unpaired) electrons. The van der Waals surface area contributed by atoms with Gasteiger partial charge in [0, 0.05) is 6.04 Å². The Morgan fingerprint density at radius 2 is 1.87 bits per heavy atom. The van der Waals surface area contributed by atoms with Crippen LogP contribution in [0.5, 0.6) is 0 Å². The fourth-order valence-electron chi connectivity index (χ4n) is 1.38. The Hall–Kier alpha value is -0.930. The van der Waals surface area contributed by atoms with Crippen molar-refractivity contribution in [1.29, 1.82) is 0 Å². The van der Waals surface area contributed by atoms with E-state index in [0.717, 1.165) is 18.5 Å². The molecule has 0 amide bonds. The molecular formula is C12H18FNO. The van der Waals surface area contributed by atoms with Gasteiger partial charge in [0.25, 0.3) is 0 Å². The summed E-state index contributed by atoms with van der Waals surface area (Å²) in [6, 6.07) is 6.65. The number of hydrogen-bond donors (Lipinski definition) is 2. The second-order valence-electron chi connectivity index (χ2n) is 3.87. The van der Waals surface area contributed by atoms with E-state index in [1.807, 2.05) is 6.92 Å². The van der Waals surface area contributed by atoms with Gasteiger partial charge in [-0.25, -0.2) is 4.39 Å². The highest BCUT2D eigenvalue weighted by atomic mass is 19.1. The van der Waals surface area contributed by atoms with Crippen LogP contribution in [0.4, 0.5) is 4.39 Å². The molecule has 2 N–H and O–H groups in total. The molecule has 2 nitrogen and oxygen atoms in total. The molecule has 0 aliphatic carbocycles. The van der Waals surface area contributed by atoms with Gasteiger partial charge in [0.15, 0.2) is 0 Å². The minimum atomic E-state index is -0.280. The first-order chi connectivity index (χ1) is 7.09. The zero-order valence-electron chi connectivity index (χ0n) is 9.20. The number of hydrogen-bond acceptors (Lipinski definition) is 2. The average molecular weight is 211 g/mol. The number of benzene rings is 1. The maximum absolute atomic E-state index is 12.7. The highest BCUT2D eigenvalue weighted by molar-refractivity contribution is 5.19. The van der Waals surface area contributed by atoms with Gasteiger partial charge in [-0.2, -0.15) is 0 Å². The van der Waals surface area contributed by atoms with E-state index >= 15 is 0 Å². The molecule has 0 heterocycles. The topological polar surface area (TPSA) is 32.3 Å². The lowest BCUT2D eigenvalue weighted by Crippen LogP contribution is -2.22. The van der Waals surface area contributed by atoms with Gasteiger partial charge in [0.1, 0.15) is 5.82 Å². The SMILES string of the molecule is C[C@H](O)CCN[C@@H](C)c1ccc(F)cc1. The second kappa shape index (κ2) is 5.83. The molecular weight excluding hydrogens is 193 g/mol. The van der Waals surface area contributed by atoms with Gasteiger partial charge >= 0.3 is 0 Å². The van der Waals surface area contributed by atoms with Crippen LogP contribution in [-0.4, -0.2) is 17.8 Å². The predicted octanol–water partition coefficient (Wildman–Crippen LogP) is 2.25. The summed E-state index contributed by atoms with van der Waals surface area (Å²) in [5.74, 6) is -0.213. The van der Waals surface area contributed by atoms with Gasteiger partial charge in [-0.3, -0.25) is 0 Å². The van der Waals surface area contributed by atoms with Crippen molar-refractivity contribution in [3.63, 3.8) is 0 Å². The monoisotopic (exact) mass is 211 g/mol. The number of rotatable bonds is 5. The first-order valence-electron chi connectivity index (χ1n) is 5.26. The fraction of sp³-hybridized carbons (Fsp3) is 0.500. The van der Waals surface area contributed by atoms with Gasteiger partial charge in [0.2, 0.25) is 0 Å². The lowest BCUT2D eigenvalue weighted by atomic mass is 10.1. The number of aliphatic hydroxyl groups excluding tert-OH is 1. The van der Waals surface area contributed by atoms with Crippen molar-refractivity contribution in [3.05, 3.63) is 35.6 Å². The van der Waals surface area contributed by atoms with Crippen molar-refractivity contribution in [2.45, 2.75) is 32.4 Å². The van der Waals surface area contributed by atoms with E-state index in [1.54, 1.807) is 19.1 Å². The first kappa shape index (κ1) is 12.1. The highest BCUT2D eigenvalue weighted by Crippen LogP contribution is 2.12. The van der Waals surface area contributed by atoms with Crippen LogP contribution in [0.25, 0.3) is 0 Å². The molecule has 0 fully saturated rings. The molecule has 1 rings (SSSR count). The summed E-state index contributed by atoms with van der Waals surface area (Å²) in [6.45, 7) is 4.55. The van der Waals surface area contributed by atoms with E-state index in [0.29, 0.717) is 0 Å². The molecule has 0 aromatic heterocycles. The van der Waals surface area contributed by atoms with Crippen LogP contribution in [0.3, 0.4) is 0 Å². The molecule has 15 heavy (non-hydrogen) atoms. The standard InChI is InChI=1S/C12H18FNO/c1-9(15)7-8-14-10(2)11-3-5-12(13)6-4-11/h3-6,9-10,14-15H,7-8H2,1-2H3/t9-,10-/m0/s1. The Bertz CT molecular complexity index is 284. The summed E-state index contributed by atoms with van der Waals surface area (Å²) >= 11 is 0. The molecule has 0 bridgehead atoms. The van der Waals surface area contributed by atoms with Crippen LogP contribution in [0.15, 0.2) is 24.3 Å². The van der Waals surface area contributed by atoms with Crippen LogP contribution in [-0.2, 0) is 0 Å². The Kier molecular flexibility index (Phi) is 4.72. The van der Waals surface area contributed by atoms with E-state index in [1.165, 1.54) is 12.1 Å². The Morgan fingerprint density at radius 1 is 1.27 bits per heavy atom. The van der Waals surface area contributed by atoms with Gasteiger partial charge < -0.3 is 10.4 Å². The minimum absolute atomic E-state index is 0.185. The van der Waals surface area contributed by atoms with E-state index in [4.69, 9.17) is 5.11 Å². The van der Waals surface area contributed by atoms with Crippen molar-refractivity contribution in [3.8, 4) is 0 Å². The Morgan fingerprint density at radius 3 is 2.40 bits per heavy atom. The third kappa shape index (κ3) is 4.40. The fourth-order valence-corrected chi connectivity index (χ4v) is 1.38. The minimum Gasteiger partial charge on any atom is -0.393 e. The van der Waals surface area contributed by atoms with Gasteiger partial charge in [-0.15, -0.1) is 0 Å². The maximum Gasteiger partial charge on any atom is 0.123 e. The van der Waals surface area contributed by atoms with Crippen LogP contribution in [0.2, 0.25) is 0 Å². The van der Waals surface area contributed by atoms with Crippen molar-refractivity contribution < 1.29 is 9.50 Å². The Balaban J connectivity index is 2.40. The smallest absolute Gasteiger partial charge is 0.123 e. The molecule has 0 aliphatic heterocycles. The van der Waals surface area contributed by atoms with Crippen LogP contribution in [0.1, 0.15) is 31.9 Å². The van der Waals surface area contributed by atoms with E-state index in [-0.39, 0.29) is 18.0 Å². The first-order valence-corrected chi connectivity index (χ1v) is 5.26. The van der Waals surface area contributed by atoms with Crippen molar-refractivity contribution in [1.82, 2.24) is 5.32 Å². The normalized spacial score (nSPS) is 14.9. The summed E-state index contributed by atoms with van der Waals surface area (Å²) in [7, 11) is 0. The molecule has 1 aromatic rings. The number of halogens is 1. The third-order valence-corrected chi connectivity index (χ3v) is 2.38. The van der Waals surface area contributed by atoms with Gasteiger partial charge in [-0.1, -0.05) is 12.1 Å². The molecule has 1 aromatic carbocycles. The molecule has 0 saturated carbocycles. The lowest BCUT2D eigenvalue weighted by Gasteiger charge is -2.14. The highest BCUT2D eigenvalue weighted by Gasteiger charge is 2.04. The summed E-state index contributed by atoms with van der Waals surface area (Å²) in [5, 5.41) is 12.3. The molecule has 0 aliphatic rings. The molecule has 0 unspecified atom stereocenters.